The molecular weight excluding hydrogens is 434 g/mol. The molecule has 2 aromatic heterocycles. The Labute approximate surface area is 186 Å². The molecule has 0 unspecified atom stereocenters. The van der Waals surface area contributed by atoms with E-state index in [-0.39, 0.29) is 30.0 Å². The topological polar surface area (TPSA) is 108 Å². The van der Waals surface area contributed by atoms with Gasteiger partial charge in [-0.2, -0.15) is 10.4 Å². The van der Waals surface area contributed by atoms with Crippen molar-refractivity contribution in [3.63, 3.8) is 0 Å². The highest BCUT2D eigenvalue weighted by molar-refractivity contribution is 7.91. The van der Waals surface area contributed by atoms with Crippen LogP contribution in [0.3, 0.4) is 0 Å². The van der Waals surface area contributed by atoms with Crippen molar-refractivity contribution in [2.75, 3.05) is 30.4 Å². The molecule has 1 aliphatic carbocycles. The lowest BCUT2D eigenvalue weighted by Crippen LogP contribution is -2.30. The van der Waals surface area contributed by atoms with Crippen molar-refractivity contribution in [2.24, 2.45) is 0 Å². The van der Waals surface area contributed by atoms with Crippen LogP contribution in [0.1, 0.15) is 51.8 Å². The minimum absolute atomic E-state index is 0.115. The first kappa shape index (κ1) is 22.0. The molecule has 31 heavy (non-hydrogen) atoms. The third kappa shape index (κ3) is 4.40. The molecule has 3 heterocycles. The Kier molecular flexibility index (Phi) is 5.94. The van der Waals surface area contributed by atoms with Crippen molar-refractivity contribution in [3.05, 3.63) is 33.0 Å². The number of hydrogen-bond acceptors (Lipinski definition) is 7. The van der Waals surface area contributed by atoms with Crippen LogP contribution in [0.25, 0.3) is 0 Å². The molecule has 1 N–H and O–H groups in total. The first-order chi connectivity index (χ1) is 14.7. The Hall–Kier alpha value is -2.22. The predicted molar refractivity (Wildman–Crippen MR) is 120 cm³/mol. The van der Waals surface area contributed by atoms with Crippen LogP contribution in [0.4, 0.5) is 5.00 Å². The maximum Gasteiger partial charge on any atom is 0.239 e. The fourth-order valence-corrected chi connectivity index (χ4v) is 7.55. The number of nitrogens with one attached hydrogen (secondary N) is 1. The number of rotatable bonds is 6. The van der Waals surface area contributed by atoms with Crippen molar-refractivity contribution in [1.82, 2.24) is 14.7 Å². The summed E-state index contributed by atoms with van der Waals surface area (Å²) in [6.07, 6.45) is 3.56. The van der Waals surface area contributed by atoms with Gasteiger partial charge in [-0.25, -0.2) is 8.42 Å². The fourth-order valence-electron chi connectivity index (χ4n) is 4.60. The monoisotopic (exact) mass is 461 g/mol. The Morgan fingerprint density at radius 1 is 1.39 bits per heavy atom. The van der Waals surface area contributed by atoms with E-state index in [1.807, 2.05) is 30.5 Å². The lowest BCUT2D eigenvalue weighted by atomic mass is 10.1. The highest BCUT2D eigenvalue weighted by atomic mass is 32.2. The Balaban J connectivity index is 1.41. The summed E-state index contributed by atoms with van der Waals surface area (Å²) in [7, 11) is -1.11. The Bertz CT molecular complexity index is 1170. The second kappa shape index (κ2) is 8.37. The molecule has 1 aliphatic heterocycles. The van der Waals surface area contributed by atoms with E-state index in [0.717, 1.165) is 41.8 Å². The van der Waals surface area contributed by atoms with Crippen LogP contribution in [-0.4, -0.2) is 54.1 Å². The molecule has 1 fully saturated rings. The largest absolute Gasteiger partial charge is 0.315 e. The third-order valence-electron chi connectivity index (χ3n) is 6.16. The van der Waals surface area contributed by atoms with Crippen LogP contribution in [-0.2, 0) is 34.0 Å². The summed E-state index contributed by atoms with van der Waals surface area (Å²) in [4.78, 5) is 15.7. The van der Waals surface area contributed by atoms with E-state index in [1.54, 1.807) is 0 Å². The number of likely N-dealkylation sites (N-methyl/N-ethyl adjacent to an activating group) is 1. The minimum atomic E-state index is -2.98. The number of aryl methyl sites for hydroxylation is 2. The molecule has 10 heteroatoms. The first-order valence-electron chi connectivity index (χ1n) is 10.5. The van der Waals surface area contributed by atoms with Gasteiger partial charge in [-0.05, 0) is 52.1 Å². The standard InChI is InChI=1S/C21H27N5O3S2/c1-13-18(14(2)26(24-13)15-7-8-31(28,29)12-15)10-25(3)11-20(27)23-21-17(9-22)16-5-4-6-19(16)30-21/h15H,4-8,10-12H2,1-3H3,(H,23,27)/t15-/m1/s1. The fraction of sp³-hybridized carbons (Fsp3) is 0.571. The van der Waals surface area contributed by atoms with E-state index in [4.69, 9.17) is 0 Å². The lowest BCUT2D eigenvalue weighted by Gasteiger charge is -2.17. The molecule has 2 aliphatic rings. The van der Waals surface area contributed by atoms with Gasteiger partial charge in [-0.3, -0.25) is 14.4 Å². The zero-order valence-electron chi connectivity index (χ0n) is 18.1. The van der Waals surface area contributed by atoms with Gasteiger partial charge in [-0.15, -0.1) is 11.3 Å². The van der Waals surface area contributed by atoms with Crippen LogP contribution in [0, 0.1) is 25.2 Å². The molecule has 0 radical (unpaired) electrons. The number of aromatic nitrogens is 2. The molecular formula is C21H27N5O3S2. The van der Waals surface area contributed by atoms with Gasteiger partial charge in [0.1, 0.15) is 11.1 Å². The number of thiophene rings is 1. The maximum atomic E-state index is 12.6. The molecule has 1 amide bonds. The van der Waals surface area contributed by atoms with Crippen molar-refractivity contribution in [3.8, 4) is 6.07 Å². The number of anilines is 1. The molecule has 1 atom stereocenters. The van der Waals surface area contributed by atoms with Gasteiger partial charge in [0.25, 0.3) is 0 Å². The number of amides is 1. The van der Waals surface area contributed by atoms with Crippen LogP contribution in [0.5, 0.6) is 0 Å². The molecule has 0 aromatic carbocycles. The summed E-state index contributed by atoms with van der Waals surface area (Å²) in [5.74, 6) is 0.199. The predicted octanol–water partition coefficient (Wildman–Crippen LogP) is 2.35. The van der Waals surface area contributed by atoms with Gasteiger partial charge < -0.3 is 5.32 Å². The van der Waals surface area contributed by atoms with Gasteiger partial charge in [0.05, 0.1) is 35.3 Å². The van der Waals surface area contributed by atoms with E-state index in [1.165, 1.54) is 16.2 Å². The Morgan fingerprint density at radius 3 is 2.84 bits per heavy atom. The summed E-state index contributed by atoms with van der Waals surface area (Å²) in [5, 5.41) is 17.7. The summed E-state index contributed by atoms with van der Waals surface area (Å²) in [6.45, 7) is 4.61. The zero-order chi connectivity index (χ0) is 22.3. The number of carbonyl (C=O) groups is 1. The number of fused-ring (bicyclic) bond motifs is 1. The van der Waals surface area contributed by atoms with Crippen LogP contribution < -0.4 is 5.32 Å². The number of carbonyl (C=O) groups excluding carboxylic acids is 1. The maximum absolute atomic E-state index is 12.6. The van der Waals surface area contributed by atoms with Crippen molar-refractivity contribution >= 4 is 32.1 Å². The van der Waals surface area contributed by atoms with Gasteiger partial charge in [0.2, 0.25) is 5.91 Å². The Morgan fingerprint density at radius 2 is 2.16 bits per heavy atom. The van der Waals surface area contributed by atoms with Gasteiger partial charge >= 0.3 is 0 Å². The van der Waals surface area contributed by atoms with Crippen LogP contribution in [0.2, 0.25) is 0 Å². The van der Waals surface area contributed by atoms with E-state index >= 15 is 0 Å². The third-order valence-corrected chi connectivity index (χ3v) is 9.11. The van der Waals surface area contributed by atoms with Gasteiger partial charge in [-0.1, -0.05) is 0 Å². The molecule has 4 rings (SSSR count). The van der Waals surface area contributed by atoms with Crippen molar-refractivity contribution in [2.45, 2.75) is 52.1 Å². The minimum Gasteiger partial charge on any atom is -0.315 e. The number of sulfone groups is 1. The van der Waals surface area contributed by atoms with Crippen molar-refractivity contribution < 1.29 is 13.2 Å². The van der Waals surface area contributed by atoms with Crippen molar-refractivity contribution in [1.29, 1.82) is 5.26 Å². The van der Waals surface area contributed by atoms with Crippen LogP contribution in [0.15, 0.2) is 0 Å². The second-order valence-corrected chi connectivity index (χ2v) is 11.9. The molecule has 8 nitrogen and oxygen atoms in total. The summed E-state index contributed by atoms with van der Waals surface area (Å²) < 4.78 is 25.5. The van der Waals surface area contributed by atoms with E-state index in [9.17, 15) is 18.5 Å². The van der Waals surface area contributed by atoms with E-state index in [0.29, 0.717) is 23.5 Å². The number of nitrogens with zero attached hydrogens (tertiary/aromatic N) is 4. The molecule has 166 valence electrons. The summed E-state index contributed by atoms with van der Waals surface area (Å²) in [5.41, 5.74) is 4.55. The average molecular weight is 462 g/mol. The zero-order valence-corrected chi connectivity index (χ0v) is 19.7. The average Bonchev–Trinajstić information content (AvgIpc) is 3.41. The summed E-state index contributed by atoms with van der Waals surface area (Å²) >= 11 is 1.52. The lowest BCUT2D eigenvalue weighted by molar-refractivity contribution is -0.117. The smallest absolute Gasteiger partial charge is 0.239 e. The van der Waals surface area contributed by atoms with E-state index < -0.39 is 9.84 Å². The number of hydrogen-bond donors (Lipinski definition) is 1. The highest BCUT2D eigenvalue weighted by Crippen LogP contribution is 2.38. The molecule has 0 bridgehead atoms. The summed E-state index contributed by atoms with van der Waals surface area (Å²) in [6, 6.07) is 2.14. The van der Waals surface area contributed by atoms with E-state index in [2.05, 4.69) is 16.5 Å². The molecule has 2 aromatic rings. The second-order valence-electron chi connectivity index (χ2n) is 8.54. The highest BCUT2D eigenvalue weighted by Gasteiger charge is 2.31. The quantitative estimate of drug-likeness (QED) is 0.707. The molecule has 1 saturated heterocycles. The SMILES string of the molecule is Cc1nn([C@@H]2CCS(=O)(=O)C2)c(C)c1CN(C)CC(=O)Nc1sc2c(c1C#N)CCC2. The van der Waals surface area contributed by atoms with Gasteiger partial charge in [0, 0.05) is 22.7 Å². The normalized spacial score (nSPS) is 19.5. The number of nitriles is 1. The molecule has 0 spiro atoms. The van der Waals surface area contributed by atoms with Crippen LogP contribution >= 0.6 is 11.3 Å². The molecule has 0 saturated carbocycles. The van der Waals surface area contributed by atoms with Gasteiger partial charge in [0.15, 0.2) is 9.84 Å². The first-order valence-corrected chi connectivity index (χ1v) is 13.1.